The number of ether oxygens (including phenoxy) is 2. The van der Waals surface area contributed by atoms with Crippen LogP contribution in [0.25, 0.3) is 0 Å². The molecule has 0 aromatic heterocycles. The van der Waals surface area contributed by atoms with E-state index in [9.17, 15) is 14.4 Å². The number of aliphatic imine (C=N–C) groups is 1. The number of benzene rings is 2. The van der Waals surface area contributed by atoms with Crippen molar-refractivity contribution in [3.8, 4) is 0 Å². The van der Waals surface area contributed by atoms with Crippen LogP contribution in [0, 0.1) is 32.5 Å². The summed E-state index contributed by atoms with van der Waals surface area (Å²) in [6, 6.07) is 14.5. The average Bonchev–Trinajstić information content (AvgIpc) is 3.70. The molecular formula is C44H61N5O9. The van der Waals surface area contributed by atoms with Crippen LogP contribution in [0.5, 0.6) is 0 Å². The molecule has 2 aliphatic carbocycles. The van der Waals surface area contributed by atoms with Crippen LogP contribution in [0.1, 0.15) is 105 Å². The van der Waals surface area contributed by atoms with Gasteiger partial charge in [-0.3, -0.25) is 4.79 Å². The fraction of sp³-hybridized carbons (Fsp3) is 0.545. The van der Waals surface area contributed by atoms with Crippen molar-refractivity contribution in [3.63, 3.8) is 0 Å². The molecule has 2 aliphatic rings. The Kier molecular flexibility index (Phi) is 14.6. The first-order valence-electron chi connectivity index (χ1n) is 19.0. The summed E-state index contributed by atoms with van der Waals surface area (Å²) in [4.78, 5) is 60.1. The Hall–Kier alpha value is -5.40. The van der Waals surface area contributed by atoms with Crippen molar-refractivity contribution in [2.75, 3.05) is 28.4 Å². The number of esters is 2. The monoisotopic (exact) mass is 803 g/mol. The van der Waals surface area contributed by atoms with E-state index in [0.29, 0.717) is 34.5 Å². The molecule has 58 heavy (non-hydrogen) atoms. The first-order chi connectivity index (χ1) is 27.1. The van der Waals surface area contributed by atoms with Crippen molar-refractivity contribution in [2.24, 2.45) is 58.1 Å². The van der Waals surface area contributed by atoms with E-state index in [1.165, 1.54) is 28.4 Å². The zero-order chi connectivity index (χ0) is 43.9. The van der Waals surface area contributed by atoms with Gasteiger partial charge in [0.1, 0.15) is 33.1 Å². The van der Waals surface area contributed by atoms with E-state index in [4.69, 9.17) is 28.8 Å². The highest BCUT2D eigenvalue weighted by molar-refractivity contribution is 6.45. The highest BCUT2D eigenvalue weighted by Gasteiger charge is 2.77. The predicted molar refractivity (Wildman–Crippen MR) is 225 cm³/mol. The molecular weight excluding hydrogens is 743 g/mol. The van der Waals surface area contributed by atoms with E-state index in [2.05, 4.69) is 94.9 Å². The average molecular weight is 804 g/mol. The maximum atomic E-state index is 12.1. The van der Waals surface area contributed by atoms with E-state index in [-0.39, 0.29) is 57.1 Å². The van der Waals surface area contributed by atoms with Crippen LogP contribution in [0.4, 0.5) is 0 Å². The minimum Gasteiger partial charge on any atom is -0.464 e. The Labute approximate surface area is 343 Å². The second-order valence-corrected chi connectivity index (χ2v) is 16.8. The summed E-state index contributed by atoms with van der Waals surface area (Å²) in [5, 5.41) is 16.4. The first-order valence-corrected chi connectivity index (χ1v) is 19.0. The number of nitrogens with zero attached hydrogens (tertiary/aromatic N) is 5. The zero-order valence-corrected chi connectivity index (χ0v) is 37.0. The fourth-order valence-electron chi connectivity index (χ4n) is 8.32. The standard InChI is InChI=1S/C23H31N3O5.C21H30N2O4/c1-15(24-14-27)19(23(6)21(2,3)22(23,4)5)26-31-13-16-11-9-10-12-17(16)18(25-30-8)20(28)29-7;1-14(21(6)19(2,3)20(21,4)5)22-27-13-15-11-9-10-12-16(15)17(23-26-8)18(24)25-7/h9-12,14H,13H2,1-8H3;9-12H,13H2,1-8H3/b24-15?,25-18-,26-19-;22-14-,23-17-. The van der Waals surface area contributed by atoms with E-state index in [1.54, 1.807) is 31.2 Å². The van der Waals surface area contributed by atoms with Crippen molar-refractivity contribution < 1.29 is 43.2 Å². The molecule has 0 N–H and O–H groups in total. The van der Waals surface area contributed by atoms with Crippen LogP contribution in [0.15, 0.2) is 74.1 Å². The van der Waals surface area contributed by atoms with Gasteiger partial charge in [-0.15, -0.1) is 0 Å². The molecule has 0 bridgehead atoms. The minimum absolute atomic E-state index is 0.0196. The number of hydrogen-bond donors (Lipinski definition) is 0. The van der Waals surface area contributed by atoms with Gasteiger partial charge in [-0.25, -0.2) is 14.6 Å². The second kappa shape index (κ2) is 18.0. The molecule has 0 saturated heterocycles. The molecule has 14 heteroatoms. The van der Waals surface area contributed by atoms with Crippen molar-refractivity contribution in [1.82, 2.24) is 0 Å². The van der Waals surface area contributed by atoms with Crippen molar-refractivity contribution >= 4 is 46.9 Å². The lowest BCUT2D eigenvalue weighted by molar-refractivity contribution is -0.133. The van der Waals surface area contributed by atoms with Gasteiger partial charge in [0, 0.05) is 33.1 Å². The molecule has 0 aliphatic heterocycles. The molecule has 14 nitrogen and oxygen atoms in total. The molecule has 2 aromatic rings. The summed E-state index contributed by atoms with van der Waals surface area (Å²) >= 11 is 0. The van der Waals surface area contributed by atoms with Gasteiger partial charge in [-0.05, 0) is 35.5 Å². The number of oxime groups is 4. The molecule has 0 heterocycles. The van der Waals surface area contributed by atoms with Crippen LogP contribution in [0.3, 0.4) is 0 Å². The van der Waals surface area contributed by atoms with E-state index in [1.807, 2.05) is 31.2 Å². The van der Waals surface area contributed by atoms with Crippen LogP contribution >= 0.6 is 0 Å². The van der Waals surface area contributed by atoms with Crippen molar-refractivity contribution in [2.45, 2.75) is 96.3 Å². The zero-order valence-electron chi connectivity index (χ0n) is 37.0. The molecule has 0 spiro atoms. The normalized spacial score (nSPS) is 19.7. The van der Waals surface area contributed by atoms with Gasteiger partial charge in [0.25, 0.3) is 0 Å². The first kappa shape index (κ1) is 47.0. The lowest BCUT2D eigenvalue weighted by Crippen LogP contribution is -2.27. The Bertz CT molecular complexity index is 1980. The van der Waals surface area contributed by atoms with Crippen LogP contribution in [-0.2, 0) is 56.4 Å². The number of carbonyl (C=O) groups excluding carboxylic acids is 3. The van der Waals surface area contributed by atoms with Crippen LogP contribution < -0.4 is 0 Å². The topological polar surface area (TPSA) is 168 Å². The lowest BCUT2D eigenvalue weighted by atomic mass is 9.88. The third kappa shape index (κ3) is 8.15. The predicted octanol–water partition coefficient (Wildman–Crippen LogP) is 7.95. The molecule has 2 aromatic carbocycles. The second-order valence-electron chi connectivity index (χ2n) is 16.8. The highest BCUT2D eigenvalue weighted by Crippen LogP contribution is 2.79. The molecule has 4 rings (SSSR count). The smallest absolute Gasteiger partial charge is 0.360 e. The summed E-state index contributed by atoms with van der Waals surface area (Å²) in [5.41, 5.74) is 4.62. The summed E-state index contributed by atoms with van der Waals surface area (Å²) in [5.74, 6) is -1.19. The van der Waals surface area contributed by atoms with E-state index >= 15 is 0 Å². The summed E-state index contributed by atoms with van der Waals surface area (Å²) in [7, 11) is 5.32. The van der Waals surface area contributed by atoms with Gasteiger partial charge >= 0.3 is 11.9 Å². The Morgan fingerprint density at radius 2 is 0.948 bits per heavy atom. The van der Waals surface area contributed by atoms with Crippen LogP contribution in [0.2, 0.25) is 0 Å². The molecule has 0 unspecified atom stereocenters. The molecule has 0 radical (unpaired) electrons. The minimum atomic E-state index is -0.624. The maximum absolute atomic E-state index is 12.1. The van der Waals surface area contributed by atoms with Gasteiger partial charge < -0.3 is 28.8 Å². The maximum Gasteiger partial charge on any atom is 0.360 e. The van der Waals surface area contributed by atoms with Gasteiger partial charge in [-0.2, -0.15) is 0 Å². The van der Waals surface area contributed by atoms with E-state index in [0.717, 1.165) is 11.3 Å². The molecule has 2 fully saturated rings. The largest absolute Gasteiger partial charge is 0.464 e. The van der Waals surface area contributed by atoms with E-state index < -0.39 is 11.9 Å². The third-order valence-corrected chi connectivity index (χ3v) is 14.3. The number of amides is 1. The van der Waals surface area contributed by atoms with Gasteiger partial charge in [-0.1, -0.05) is 138 Å². The third-order valence-electron chi connectivity index (χ3n) is 14.3. The fourth-order valence-corrected chi connectivity index (χ4v) is 8.32. The Morgan fingerprint density at radius 1 is 0.569 bits per heavy atom. The number of rotatable bonds is 16. The number of hydrogen-bond acceptors (Lipinski definition) is 13. The van der Waals surface area contributed by atoms with Crippen molar-refractivity contribution in [1.29, 1.82) is 0 Å². The molecule has 316 valence electrons. The van der Waals surface area contributed by atoms with Gasteiger partial charge in [0.15, 0.2) is 11.4 Å². The highest BCUT2D eigenvalue weighted by atomic mass is 16.6. The van der Waals surface area contributed by atoms with Gasteiger partial charge in [0.05, 0.1) is 25.6 Å². The lowest BCUT2D eigenvalue weighted by Gasteiger charge is -2.18. The molecule has 2 saturated carbocycles. The SMILES string of the molecule is CO/N=C(\C(=O)OC)c1ccccc1CO/N=C(/C(C)=NC=O)C1(C)C(C)(C)C1(C)C.CO/N=C(\C(=O)OC)c1ccccc1CO/N=C(/C)C1(C)C(C)(C)C1(C)C. The number of carbonyl (C=O) groups is 3. The van der Waals surface area contributed by atoms with Crippen molar-refractivity contribution in [3.05, 3.63) is 70.8 Å². The van der Waals surface area contributed by atoms with Crippen LogP contribution in [-0.4, -0.2) is 75.3 Å². The summed E-state index contributed by atoms with van der Waals surface area (Å²) in [6.07, 6.45) is 0.510. The quantitative estimate of drug-likeness (QED) is 0.0708. The number of methoxy groups -OCH3 is 2. The van der Waals surface area contributed by atoms with Gasteiger partial charge in [0.2, 0.25) is 6.41 Å². The summed E-state index contributed by atoms with van der Waals surface area (Å²) in [6.45, 7) is 26.0. The Morgan fingerprint density at radius 3 is 1.29 bits per heavy atom. The Balaban J connectivity index is 0.000000313. The molecule has 0 atom stereocenters. The molecule has 1 amide bonds. The summed E-state index contributed by atoms with van der Waals surface area (Å²) < 4.78 is 9.60.